The number of nitrogens with zero attached hydrogens (tertiary/aromatic N) is 2. The van der Waals surface area contributed by atoms with Gasteiger partial charge in [-0.15, -0.1) is 0 Å². The highest BCUT2D eigenvalue weighted by Crippen LogP contribution is 2.25. The number of hydrogen-bond donors (Lipinski definition) is 1. The van der Waals surface area contributed by atoms with Crippen LogP contribution in [0.3, 0.4) is 0 Å². The Hall–Kier alpha value is -1.94. The lowest BCUT2D eigenvalue weighted by atomic mass is 10.1. The van der Waals surface area contributed by atoms with Crippen LogP contribution in [0.2, 0.25) is 0 Å². The third-order valence-corrected chi connectivity index (χ3v) is 3.17. The molecule has 0 saturated heterocycles. The van der Waals surface area contributed by atoms with E-state index in [-0.39, 0.29) is 11.9 Å². The summed E-state index contributed by atoms with van der Waals surface area (Å²) in [6.45, 7) is 3.34. The molecule has 0 fully saturated rings. The van der Waals surface area contributed by atoms with Crippen LogP contribution in [-0.4, -0.2) is 18.1 Å². The van der Waals surface area contributed by atoms with E-state index in [4.69, 9.17) is 5.73 Å². The molecular weight excluding hydrogens is 241 g/mol. The summed E-state index contributed by atoms with van der Waals surface area (Å²) in [4.78, 5) is 6.29. The van der Waals surface area contributed by atoms with Crippen molar-refractivity contribution in [1.82, 2.24) is 4.98 Å². The van der Waals surface area contributed by atoms with Gasteiger partial charge in [0.1, 0.15) is 5.82 Å². The number of hydrogen-bond acceptors (Lipinski definition) is 3. The van der Waals surface area contributed by atoms with Crippen LogP contribution in [0.15, 0.2) is 48.8 Å². The zero-order valence-corrected chi connectivity index (χ0v) is 11.0. The summed E-state index contributed by atoms with van der Waals surface area (Å²) in [6.07, 6.45) is 3.56. The molecule has 0 saturated carbocycles. The van der Waals surface area contributed by atoms with Gasteiger partial charge in [-0.2, -0.15) is 0 Å². The van der Waals surface area contributed by atoms with Gasteiger partial charge in [-0.1, -0.05) is 6.07 Å². The van der Waals surface area contributed by atoms with Crippen molar-refractivity contribution in [2.75, 3.05) is 18.0 Å². The predicted octanol–water partition coefficient (Wildman–Crippen LogP) is 2.75. The molecule has 0 aliphatic carbocycles. The average Bonchev–Trinajstić information content (AvgIpc) is 2.47. The van der Waals surface area contributed by atoms with Crippen molar-refractivity contribution in [2.45, 2.75) is 13.0 Å². The van der Waals surface area contributed by atoms with Crippen molar-refractivity contribution in [2.24, 2.45) is 5.73 Å². The molecule has 4 heteroatoms. The second-order valence-electron chi connectivity index (χ2n) is 4.30. The Morgan fingerprint density at radius 2 is 2.00 bits per heavy atom. The van der Waals surface area contributed by atoms with E-state index in [1.165, 1.54) is 12.1 Å². The summed E-state index contributed by atoms with van der Waals surface area (Å²) >= 11 is 0. The molecule has 2 N–H and O–H groups in total. The number of halogens is 1. The summed E-state index contributed by atoms with van der Waals surface area (Å²) < 4.78 is 13.0. The van der Waals surface area contributed by atoms with Gasteiger partial charge < -0.3 is 10.6 Å². The second kappa shape index (κ2) is 6.29. The largest absolute Gasteiger partial charge is 0.363 e. The number of anilines is 1. The molecule has 0 bridgehead atoms. The fraction of sp³-hybridized carbons (Fsp3) is 0.267. The van der Waals surface area contributed by atoms with E-state index >= 15 is 0 Å². The van der Waals surface area contributed by atoms with Gasteiger partial charge in [0, 0.05) is 31.2 Å². The van der Waals surface area contributed by atoms with Crippen molar-refractivity contribution < 1.29 is 4.39 Å². The molecule has 2 rings (SSSR count). The van der Waals surface area contributed by atoms with Gasteiger partial charge in [-0.3, -0.25) is 4.98 Å². The van der Waals surface area contributed by atoms with Crippen LogP contribution in [0.1, 0.15) is 18.5 Å². The quantitative estimate of drug-likeness (QED) is 0.897. The lowest BCUT2D eigenvalue weighted by molar-refractivity contribution is 0.622. The number of nitrogens with two attached hydrogens (primary N) is 1. The third kappa shape index (κ3) is 3.09. The van der Waals surface area contributed by atoms with Crippen LogP contribution in [0.4, 0.5) is 10.1 Å². The smallest absolute Gasteiger partial charge is 0.123 e. The highest BCUT2D eigenvalue weighted by atomic mass is 19.1. The summed E-state index contributed by atoms with van der Waals surface area (Å²) in [7, 11) is 0. The first-order chi connectivity index (χ1) is 9.26. The molecule has 0 aliphatic rings. The zero-order valence-electron chi connectivity index (χ0n) is 11.0. The molecule has 2 aromatic rings. The Balaban J connectivity index is 2.31. The van der Waals surface area contributed by atoms with Crippen LogP contribution in [-0.2, 0) is 0 Å². The van der Waals surface area contributed by atoms with E-state index < -0.39 is 0 Å². The highest BCUT2D eigenvalue weighted by molar-refractivity contribution is 5.48. The minimum absolute atomic E-state index is 0.0455. The standard InChI is InChI=1S/C15H18FN3/c1-2-19(14-7-5-13(16)6-8-14)15(10-17)12-4-3-9-18-11-12/h3-9,11,15H,2,10,17H2,1H3. The van der Waals surface area contributed by atoms with Crippen LogP contribution in [0, 0.1) is 5.82 Å². The molecule has 1 unspecified atom stereocenters. The topological polar surface area (TPSA) is 42.1 Å². The van der Waals surface area contributed by atoms with E-state index in [2.05, 4.69) is 16.8 Å². The molecule has 3 nitrogen and oxygen atoms in total. The van der Waals surface area contributed by atoms with Crippen LogP contribution < -0.4 is 10.6 Å². The molecule has 1 aromatic carbocycles. The van der Waals surface area contributed by atoms with E-state index in [0.717, 1.165) is 17.8 Å². The summed E-state index contributed by atoms with van der Waals surface area (Å²) in [5, 5.41) is 0. The molecule has 1 atom stereocenters. The number of likely N-dealkylation sites (N-methyl/N-ethyl adjacent to an activating group) is 1. The van der Waals surface area contributed by atoms with Gasteiger partial charge in [-0.05, 0) is 42.8 Å². The van der Waals surface area contributed by atoms with Crippen LogP contribution in [0.25, 0.3) is 0 Å². The maximum atomic E-state index is 13.0. The summed E-state index contributed by atoms with van der Waals surface area (Å²) in [6, 6.07) is 10.4. The Bertz CT molecular complexity index is 499. The molecule has 0 amide bonds. The fourth-order valence-corrected chi connectivity index (χ4v) is 2.23. The number of benzene rings is 1. The van der Waals surface area contributed by atoms with Gasteiger partial charge >= 0.3 is 0 Å². The Labute approximate surface area is 112 Å². The van der Waals surface area contributed by atoms with E-state index in [0.29, 0.717) is 6.54 Å². The normalized spacial score (nSPS) is 12.2. The minimum Gasteiger partial charge on any atom is -0.363 e. The molecule has 1 aromatic heterocycles. The van der Waals surface area contributed by atoms with Gasteiger partial charge in [0.2, 0.25) is 0 Å². The maximum absolute atomic E-state index is 13.0. The molecule has 19 heavy (non-hydrogen) atoms. The fourth-order valence-electron chi connectivity index (χ4n) is 2.23. The van der Waals surface area contributed by atoms with Crippen LogP contribution in [0.5, 0.6) is 0 Å². The summed E-state index contributed by atoms with van der Waals surface area (Å²) in [5.74, 6) is -0.231. The summed E-state index contributed by atoms with van der Waals surface area (Å²) in [5.41, 5.74) is 7.93. The number of rotatable bonds is 5. The van der Waals surface area contributed by atoms with Crippen LogP contribution >= 0.6 is 0 Å². The lowest BCUT2D eigenvalue weighted by Gasteiger charge is -2.32. The minimum atomic E-state index is -0.231. The molecule has 0 spiro atoms. The monoisotopic (exact) mass is 259 g/mol. The maximum Gasteiger partial charge on any atom is 0.123 e. The van der Waals surface area contributed by atoms with Crippen molar-refractivity contribution in [3.8, 4) is 0 Å². The van der Waals surface area contributed by atoms with Gasteiger partial charge in [0.25, 0.3) is 0 Å². The third-order valence-electron chi connectivity index (χ3n) is 3.17. The molecule has 0 radical (unpaired) electrons. The first kappa shape index (κ1) is 13.5. The van der Waals surface area contributed by atoms with Crippen molar-refractivity contribution >= 4 is 5.69 Å². The Kier molecular flexibility index (Phi) is 4.47. The highest BCUT2D eigenvalue weighted by Gasteiger charge is 2.18. The molecule has 1 heterocycles. The molecular formula is C15H18FN3. The van der Waals surface area contributed by atoms with E-state index in [1.54, 1.807) is 18.3 Å². The van der Waals surface area contributed by atoms with Gasteiger partial charge in [0.05, 0.1) is 6.04 Å². The van der Waals surface area contributed by atoms with Crippen molar-refractivity contribution in [3.63, 3.8) is 0 Å². The lowest BCUT2D eigenvalue weighted by Crippen LogP contribution is -2.33. The number of pyridine rings is 1. The Morgan fingerprint density at radius 1 is 1.26 bits per heavy atom. The van der Waals surface area contributed by atoms with Gasteiger partial charge in [0.15, 0.2) is 0 Å². The SMILES string of the molecule is CCN(c1ccc(F)cc1)C(CN)c1cccnc1. The zero-order chi connectivity index (χ0) is 13.7. The first-order valence-corrected chi connectivity index (χ1v) is 6.38. The second-order valence-corrected chi connectivity index (χ2v) is 4.30. The molecule has 0 aliphatic heterocycles. The van der Waals surface area contributed by atoms with Crippen molar-refractivity contribution in [3.05, 3.63) is 60.2 Å². The van der Waals surface area contributed by atoms with E-state index in [9.17, 15) is 4.39 Å². The van der Waals surface area contributed by atoms with Gasteiger partial charge in [-0.25, -0.2) is 4.39 Å². The van der Waals surface area contributed by atoms with Crippen molar-refractivity contribution in [1.29, 1.82) is 0 Å². The molecule has 100 valence electrons. The first-order valence-electron chi connectivity index (χ1n) is 6.38. The average molecular weight is 259 g/mol. The number of aromatic nitrogens is 1. The predicted molar refractivity (Wildman–Crippen MR) is 75.5 cm³/mol. The Morgan fingerprint density at radius 3 is 2.53 bits per heavy atom. The van der Waals surface area contributed by atoms with E-state index in [1.807, 2.05) is 18.3 Å².